The molecule has 20 heavy (non-hydrogen) atoms. The van der Waals surface area contributed by atoms with Gasteiger partial charge in [0, 0.05) is 0 Å². The first-order valence-electron chi connectivity index (χ1n) is 7.53. The van der Waals surface area contributed by atoms with Crippen LogP contribution in [0.5, 0.6) is 0 Å². The normalized spacial score (nSPS) is 10.4. The average Bonchev–Trinajstić information content (AvgIpc) is 2.39. The highest BCUT2D eigenvalue weighted by atomic mass is 14.1. The lowest BCUT2D eigenvalue weighted by molar-refractivity contribution is 0.845. The van der Waals surface area contributed by atoms with Crippen LogP contribution in [0.1, 0.15) is 61.8 Å². The van der Waals surface area contributed by atoms with E-state index in [2.05, 4.69) is 90.1 Å². The van der Waals surface area contributed by atoms with Gasteiger partial charge in [0.25, 0.3) is 0 Å². The average molecular weight is 268 g/mol. The molecule has 0 heterocycles. The van der Waals surface area contributed by atoms with E-state index in [-0.39, 0.29) is 0 Å². The summed E-state index contributed by atoms with van der Waals surface area (Å²) in [6.45, 7) is 13.1. The van der Waals surface area contributed by atoms with Gasteiger partial charge in [-0.25, -0.2) is 0 Å². The lowest BCUT2D eigenvalue weighted by Crippen LogP contribution is -1.90. The second-order valence-electron chi connectivity index (χ2n) is 6.13. The highest BCUT2D eigenvalue weighted by Crippen LogP contribution is 2.18. The maximum atomic E-state index is 2.24. The molecule has 0 heteroatoms. The van der Waals surface area contributed by atoms with E-state index >= 15 is 0 Å². The fourth-order valence-corrected chi connectivity index (χ4v) is 2.07. The Morgan fingerprint density at radius 3 is 1.15 bits per heavy atom. The molecule has 0 aliphatic heterocycles. The zero-order valence-electron chi connectivity index (χ0n) is 13.8. The Morgan fingerprint density at radius 2 is 0.950 bits per heavy atom. The van der Waals surface area contributed by atoms with Crippen molar-refractivity contribution in [2.75, 3.05) is 0 Å². The molecule has 108 valence electrons. The van der Waals surface area contributed by atoms with Crippen molar-refractivity contribution in [1.29, 1.82) is 0 Å². The van der Waals surface area contributed by atoms with Crippen LogP contribution >= 0.6 is 0 Å². The van der Waals surface area contributed by atoms with Gasteiger partial charge in [-0.05, 0) is 36.8 Å². The summed E-state index contributed by atoms with van der Waals surface area (Å²) in [5.74, 6) is 1.29. The first-order chi connectivity index (χ1) is 9.40. The molecule has 0 saturated carbocycles. The van der Waals surface area contributed by atoms with E-state index in [1.165, 1.54) is 22.3 Å². The van der Waals surface area contributed by atoms with Crippen LogP contribution < -0.4 is 0 Å². The van der Waals surface area contributed by atoms with Crippen molar-refractivity contribution in [3.05, 3.63) is 70.8 Å². The second kappa shape index (κ2) is 7.89. The van der Waals surface area contributed by atoms with Gasteiger partial charge in [0.05, 0.1) is 0 Å². The Balaban J connectivity index is 0.000000217. The molecule has 2 aromatic rings. The Kier molecular flexibility index (Phi) is 6.51. The van der Waals surface area contributed by atoms with Crippen molar-refractivity contribution in [3.8, 4) is 0 Å². The molecule has 0 nitrogen and oxygen atoms in total. The highest BCUT2D eigenvalue weighted by molar-refractivity contribution is 5.26. The van der Waals surface area contributed by atoms with Crippen molar-refractivity contribution >= 4 is 0 Å². The van der Waals surface area contributed by atoms with Gasteiger partial charge in [0.15, 0.2) is 0 Å². The largest absolute Gasteiger partial charge is 0.0617 e. The van der Waals surface area contributed by atoms with Gasteiger partial charge in [-0.15, -0.1) is 0 Å². The van der Waals surface area contributed by atoms with Crippen molar-refractivity contribution in [2.24, 2.45) is 0 Å². The van der Waals surface area contributed by atoms with Crippen molar-refractivity contribution in [2.45, 2.75) is 53.4 Å². The van der Waals surface area contributed by atoms with E-state index in [1.54, 1.807) is 0 Å². The first-order valence-corrected chi connectivity index (χ1v) is 7.53. The third-order valence-electron chi connectivity index (χ3n) is 3.44. The molecule has 0 spiro atoms. The summed E-state index contributed by atoms with van der Waals surface area (Å²) in [5, 5.41) is 0. The fraction of sp³-hybridized carbons (Fsp3) is 0.400. The summed E-state index contributed by atoms with van der Waals surface area (Å²) < 4.78 is 0. The first kappa shape index (κ1) is 16.5. The maximum absolute atomic E-state index is 2.24. The van der Waals surface area contributed by atoms with Crippen LogP contribution in [0.2, 0.25) is 0 Å². The van der Waals surface area contributed by atoms with Gasteiger partial charge in [0.1, 0.15) is 0 Å². The van der Waals surface area contributed by atoms with E-state index in [9.17, 15) is 0 Å². The molecule has 2 rings (SSSR count). The summed E-state index contributed by atoms with van der Waals surface area (Å²) in [6, 6.07) is 17.4. The Morgan fingerprint density at radius 1 is 0.600 bits per heavy atom. The molecule has 0 amide bonds. The van der Waals surface area contributed by atoms with E-state index in [1.807, 2.05) is 0 Å². The Bertz CT molecular complexity index is 460. The second-order valence-corrected chi connectivity index (χ2v) is 6.13. The molecule has 0 aliphatic rings. The number of benzene rings is 2. The minimum Gasteiger partial charge on any atom is -0.0617 e. The molecule has 0 atom stereocenters. The fourth-order valence-electron chi connectivity index (χ4n) is 2.07. The molecule has 0 aromatic heterocycles. The third-order valence-corrected chi connectivity index (χ3v) is 3.44. The third kappa shape index (κ3) is 5.61. The molecule has 0 radical (unpaired) electrons. The molecular weight excluding hydrogens is 240 g/mol. The molecule has 2 aromatic carbocycles. The van der Waals surface area contributed by atoms with Crippen LogP contribution in [0.3, 0.4) is 0 Å². The van der Waals surface area contributed by atoms with Crippen LogP contribution in [-0.2, 0) is 0 Å². The van der Waals surface area contributed by atoms with E-state index in [0.717, 1.165) is 0 Å². The molecule has 0 bridgehead atoms. The van der Waals surface area contributed by atoms with E-state index < -0.39 is 0 Å². The van der Waals surface area contributed by atoms with Crippen LogP contribution in [0, 0.1) is 13.8 Å². The van der Waals surface area contributed by atoms with Crippen LogP contribution in [0.4, 0.5) is 0 Å². The molecule has 0 fully saturated rings. The molecule has 0 aliphatic carbocycles. The standard InChI is InChI=1S/C12H18.C8H10/c1-9(2)11-5-7-12(8-6-11)10(3)4;1-7-4-3-5-8(2)6-7/h5-10H,1-4H3;3-6H,1-2H3. The minimum absolute atomic E-state index is 0.645. The molecular formula is C20H28. The smallest absolute Gasteiger partial charge is 0.0219 e. The maximum Gasteiger partial charge on any atom is -0.0219 e. The summed E-state index contributed by atoms with van der Waals surface area (Å²) in [4.78, 5) is 0. The van der Waals surface area contributed by atoms with E-state index in [0.29, 0.717) is 11.8 Å². The quantitative estimate of drug-likeness (QED) is 0.605. The van der Waals surface area contributed by atoms with Gasteiger partial charge in [-0.1, -0.05) is 87.4 Å². The van der Waals surface area contributed by atoms with Gasteiger partial charge in [0.2, 0.25) is 0 Å². The summed E-state index contributed by atoms with van der Waals surface area (Å²) in [6.07, 6.45) is 0. The van der Waals surface area contributed by atoms with Crippen molar-refractivity contribution < 1.29 is 0 Å². The predicted molar refractivity (Wildman–Crippen MR) is 90.5 cm³/mol. The summed E-state index contributed by atoms with van der Waals surface area (Å²) >= 11 is 0. The lowest BCUT2D eigenvalue weighted by Gasteiger charge is -2.08. The number of hydrogen-bond donors (Lipinski definition) is 0. The SMILES string of the molecule is CC(C)c1ccc(C(C)C)cc1.Cc1cccc(C)c1. The van der Waals surface area contributed by atoms with Gasteiger partial charge < -0.3 is 0 Å². The van der Waals surface area contributed by atoms with Crippen LogP contribution in [0.15, 0.2) is 48.5 Å². The zero-order valence-corrected chi connectivity index (χ0v) is 13.8. The van der Waals surface area contributed by atoms with Gasteiger partial charge >= 0.3 is 0 Å². The monoisotopic (exact) mass is 268 g/mol. The predicted octanol–water partition coefficient (Wildman–Crippen LogP) is 6.24. The van der Waals surface area contributed by atoms with Gasteiger partial charge in [-0.3, -0.25) is 0 Å². The van der Waals surface area contributed by atoms with Gasteiger partial charge in [-0.2, -0.15) is 0 Å². The Hall–Kier alpha value is -1.56. The molecule has 0 N–H and O–H groups in total. The lowest BCUT2D eigenvalue weighted by atomic mass is 9.97. The minimum atomic E-state index is 0.645. The highest BCUT2D eigenvalue weighted by Gasteiger charge is 2.00. The zero-order chi connectivity index (χ0) is 15.1. The van der Waals surface area contributed by atoms with Crippen LogP contribution in [-0.4, -0.2) is 0 Å². The number of rotatable bonds is 2. The molecule has 0 saturated heterocycles. The Labute approximate surface area is 124 Å². The number of aryl methyl sites for hydroxylation is 2. The molecule has 0 unspecified atom stereocenters. The summed E-state index contributed by atoms with van der Waals surface area (Å²) in [7, 11) is 0. The van der Waals surface area contributed by atoms with Crippen LogP contribution in [0.25, 0.3) is 0 Å². The number of hydrogen-bond acceptors (Lipinski definition) is 0. The van der Waals surface area contributed by atoms with Crippen molar-refractivity contribution in [1.82, 2.24) is 0 Å². The van der Waals surface area contributed by atoms with E-state index in [4.69, 9.17) is 0 Å². The summed E-state index contributed by atoms with van der Waals surface area (Å²) in [5.41, 5.74) is 5.54. The topological polar surface area (TPSA) is 0 Å². The van der Waals surface area contributed by atoms with Crippen molar-refractivity contribution in [3.63, 3.8) is 0 Å².